The molecule has 8 aromatic rings. The van der Waals surface area contributed by atoms with Gasteiger partial charge in [0.05, 0.1) is 43.5 Å². The second kappa shape index (κ2) is 15.5. The molecular formula is C38H25Cl3F2N6O4S2. The van der Waals surface area contributed by atoms with Gasteiger partial charge in [0.1, 0.15) is 27.9 Å². The first kappa shape index (κ1) is 38.0. The minimum Gasteiger partial charge on any atom is -0.337 e. The highest BCUT2D eigenvalue weighted by Crippen LogP contribution is 2.32. The van der Waals surface area contributed by atoms with Crippen LogP contribution in [-0.4, -0.2) is 46.7 Å². The van der Waals surface area contributed by atoms with Crippen LogP contribution in [-0.2, 0) is 31.2 Å². The summed E-state index contributed by atoms with van der Waals surface area (Å²) in [6.45, 7) is 0. The molecule has 0 unspecified atom stereocenters. The van der Waals surface area contributed by atoms with Crippen molar-refractivity contribution >= 4 is 76.5 Å². The van der Waals surface area contributed by atoms with Crippen LogP contribution in [0.15, 0.2) is 125 Å². The maximum Gasteiger partial charge on any atom is 0.185 e. The van der Waals surface area contributed by atoms with E-state index in [-0.39, 0.29) is 20.5 Å². The van der Waals surface area contributed by atoms with Gasteiger partial charge in [-0.1, -0.05) is 71.2 Å². The molecule has 0 radical (unpaired) electrons. The van der Waals surface area contributed by atoms with E-state index in [1.54, 1.807) is 67.0 Å². The first-order chi connectivity index (χ1) is 26.3. The van der Waals surface area contributed by atoms with Crippen LogP contribution in [0.3, 0.4) is 0 Å². The highest BCUT2D eigenvalue weighted by atomic mass is 35.5. The molecule has 55 heavy (non-hydrogen) atoms. The van der Waals surface area contributed by atoms with E-state index in [2.05, 4.69) is 29.9 Å². The topological polar surface area (TPSA) is 151 Å². The molecule has 0 saturated heterocycles. The Balaban J connectivity index is 0.000000169. The summed E-state index contributed by atoms with van der Waals surface area (Å²) in [4.78, 5) is 22.6. The summed E-state index contributed by atoms with van der Waals surface area (Å²) < 4.78 is 79.8. The Morgan fingerprint density at radius 3 is 1.71 bits per heavy atom. The number of nitrogens with zero attached hydrogens (tertiary/aromatic N) is 4. The normalized spacial score (nSPS) is 11.8. The Kier molecular flexibility index (Phi) is 10.7. The van der Waals surface area contributed by atoms with E-state index in [9.17, 15) is 25.6 Å². The van der Waals surface area contributed by atoms with Gasteiger partial charge in [0.15, 0.2) is 31.3 Å². The van der Waals surface area contributed by atoms with Crippen molar-refractivity contribution in [1.82, 2.24) is 29.9 Å². The summed E-state index contributed by atoms with van der Waals surface area (Å²) in [5.41, 5.74) is 3.34. The third-order valence-electron chi connectivity index (χ3n) is 8.22. The maximum atomic E-state index is 14.6. The number of halogens is 5. The summed E-state index contributed by atoms with van der Waals surface area (Å²) in [6, 6.07) is 26.4. The van der Waals surface area contributed by atoms with E-state index in [0.717, 1.165) is 12.1 Å². The van der Waals surface area contributed by atoms with Crippen molar-refractivity contribution < 1.29 is 25.6 Å². The molecule has 0 amide bonds. The van der Waals surface area contributed by atoms with Crippen molar-refractivity contribution in [2.75, 3.05) is 0 Å². The Morgan fingerprint density at radius 1 is 0.545 bits per heavy atom. The minimum absolute atomic E-state index is 0.0133. The number of hydrogen-bond acceptors (Lipinski definition) is 8. The van der Waals surface area contributed by atoms with Crippen LogP contribution in [0.5, 0.6) is 0 Å². The lowest BCUT2D eigenvalue weighted by atomic mass is 10.2. The molecule has 4 heterocycles. The van der Waals surface area contributed by atoms with Crippen LogP contribution in [0.25, 0.3) is 45.1 Å². The molecule has 0 aliphatic carbocycles. The molecule has 0 aliphatic heterocycles. The Hall–Kier alpha value is -5.25. The van der Waals surface area contributed by atoms with Crippen molar-refractivity contribution in [3.63, 3.8) is 0 Å². The first-order valence-corrected chi connectivity index (χ1v) is 20.6. The van der Waals surface area contributed by atoms with Crippen LogP contribution < -0.4 is 0 Å². The predicted molar refractivity (Wildman–Crippen MR) is 208 cm³/mol. The molecule has 0 saturated carbocycles. The molecule has 0 atom stereocenters. The number of nitrogens with one attached hydrogen (secondary N) is 2. The number of aromatic amines is 2. The number of aromatic nitrogens is 6. The second-order valence-corrected chi connectivity index (χ2v) is 17.2. The molecule has 17 heteroatoms. The Bertz CT molecular complexity index is 2930. The van der Waals surface area contributed by atoms with Gasteiger partial charge in [0, 0.05) is 34.1 Å². The number of sulfone groups is 2. The monoisotopic (exact) mass is 836 g/mol. The first-order valence-electron chi connectivity index (χ1n) is 16.1. The van der Waals surface area contributed by atoms with Crippen molar-refractivity contribution in [1.29, 1.82) is 0 Å². The van der Waals surface area contributed by atoms with Gasteiger partial charge in [0.2, 0.25) is 0 Å². The molecule has 0 fully saturated rings. The van der Waals surface area contributed by atoms with E-state index < -0.39 is 47.7 Å². The smallest absolute Gasteiger partial charge is 0.185 e. The molecule has 0 bridgehead atoms. The summed E-state index contributed by atoms with van der Waals surface area (Å²) in [5.74, 6) is -1.54. The summed E-state index contributed by atoms with van der Waals surface area (Å²) >= 11 is 18.0. The van der Waals surface area contributed by atoms with Gasteiger partial charge in [-0.2, -0.15) is 0 Å². The molecule has 8 rings (SSSR count). The van der Waals surface area contributed by atoms with Crippen LogP contribution in [0, 0.1) is 11.6 Å². The summed E-state index contributed by atoms with van der Waals surface area (Å²) in [5, 5.41) is 0.526. The number of benzene rings is 4. The SMILES string of the molecule is O=S(=O)(Cc1ccc(Cl)cc1F)c1cc2[nH]c(-c3ccccn3)nc2cc1Cl.O=S(=O)(Cc1ccccc1Cl)c1cc2nc(-c3ccccn3)[nH]c2cc1F. The number of rotatable bonds is 8. The van der Waals surface area contributed by atoms with E-state index in [0.29, 0.717) is 55.7 Å². The standard InChI is InChI=1S/C19H12Cl2FN3O2S.C19H13ClFN3O2S/c20-12-5-4-11(14(22)7-12)10-28(26,27)18-9-17-16(8-13(18)21)24-19(25-17)15-3-1-2-6-23-15;20-13-6-2-1-5-12(13)11-27(25,26)18-10-17-16(9-14(18)21)23-19(24-17)15-7-3-4-8-22-15/h1-9H,10H2,(H,24,25);1-10H,11H2,(H,23,24). The van der Waals surface area contributed by atoms with Gasteiger partial charge in [-0.3, -0.25) is 9.97 Å². The second-order valence-electron chi connectivity index (χ2n) is 12.0. The average molecular weight is 838 g/mol. The molecule has 4 aromatic heterocycles. The van der Waals surface area contributed by atoms with Crippen LogP contribution in [0.1, 0.15) is 11.1 Å². The molecule has 2 N–H and O–H groups in total. The number of pyridine rings is 2. The zero-order chi connectivity index (χ0) is 38.9. The molecule has 0 aliphatic rings. The van der Waals surface area contributed by atoms with E-state index in [1.807, 2.05) is 6.07 Å². The van der Waals surface area contributed by atoms with Crippen LogP contribution >= 0.6 is 34.8 Å². The van der Waals surface area contributed by atoms with E-state index in [4.69, 9.17) is 34.8 Å². The zero-order valence-electron chi connectivity index (χ0n) is 28.0. The lowest BCUT2D eigenvalue weighted by Crippen LogP contribution is -2.07. The van der Waals surface area contributed by atoms with Crippen molar-refractivity contribution in [3.8, 4) is 23.0 Å². The lowest BCUT2D eigenvalue weighted by molar-refractivity contribution is 0.567. The van der Waals surface area contributed by atoms with Crippen molar-refractivity contribution in [2.45, 2.75) is 21.3 Å². The Labute approximate surface area is 328 Å². The number of H-pyrrole nitrogens is 2. The van der Waals surface area contributed by atoms with Gasteiger partial charge >= 0.3 is 0 Å². The van der Waals surface area contributed by atoms with Gasteiger partial charge < -0.3 is 9.97 Å². The fraction of sp³-hybridized carbons (Fsp3) is 0.0526. The maximum absolute atomic E-state index is 14.6. The summed E-state index contributed by atoms with van der Waals surface area (Å²) in [7, 11) is -7.85. The van der Waals surface area contributed by atoms with Crippen molar-refractivity contribution in [3.05, 3.63) is 153 Å². The van der Waals surface area contributed by atoms with Gasteiger partial charge in [-0.15, -0.1) is 0 Å². The van der Waals surface area contributed by atoms with Crippen LogP contribution in [0.4, 0.5) is 8.78 Å². The Morgan fingerprint density at radius 2 is 1.11 bits per heavy atom. The number of hydrogen-bond donors (Lipinski definition) is 2. The third-order valence-corrected chi connectivity index (χ3v) is 12.6. The highest BCUT2D eigenvalue weighted by Gasteiger charge is 2.24. The van der Waals surface area contributed by atoms with Gasteiger partial charge in [0.25, 0.3) is 0 Å². The quantitative estimate of drug-likeness (QED) is 0.154. The predicted octanol–water partition coefficient (Wildman–Crippen LogP) is 9.44. The average Bonchev–Trinajstić information content (AvgIpc) is 3.78. The zero-order valence-corrected chi connectivity index (χ0v) is 31.9. The van der Waals surface area contributed by atoms with Gasteiger partial charge in [-0.25, -0.2) is 35.6 Å². The number of imidazole rings is 2. The molecule has 10 nitrogen and oxygen atoms in total. The fourth-order valence-electron chi connectivity index (χ4n) is 5.57. The molecular weight excluding hydrogens is 813 g/mol. The van der Waals surface area contributed by atoms with E-state index >= 15 is 0 Å². The molecule has 278 valence electrons. The minimum atomic E-state index is -3.94. The highest BCUT2D eigenvalue weighted by molar-refractivity contribution is 7.91. The van der Waals surface area contributed by atoms with Crippen molar-refractivity contribution in [2.24, 2.45) is 0 Å². The third kappa shape index (κ3) is 8.38. The number of fused-ring (bicyclic) bond motifs is 2. The van der Waals surface area contributed by atoms with Gasteiger partial charge in [-0.05, 0) is 66.2 Å². The summed E-state index contributed by atoms with van der Waals surface area (Å²) in [6.07, 6.45) is 3.24. The molecule has 0 spiro atoms. The van der Waals surface area contributed by atoms with E-state index in [1.165, 1.54) is 30.3 Å². The lowest BCUT2D eigenvalue weighted by Gasteiger charge is -2.08. The van der Waals surface area contributed by atoms with Crippen LogP contribution in [0.2, 0.25) is 15.1 Å². The molecule has 4 aromatic carbocycles. The fourth-order valence-corrected chi connectivity index (χ4v) is 9.43. The largest absolute Gasteiger partial charge is 0.337 e.